The molecule has 6 heteroatoms. The van der Waals surface area contributed by atoms with Crippen molar-refractivity contribution in [3.05, 3.63) is 66.0 Å². The summed E-state index contributed by atoms with van der Waals surface area (Å²) in [6.45, 7) is 4.02. The summed E-state index contributed by atoms with van der Waals surface area (Å²) in [7, 11) is 2.11. The van der Waals surface area contributed by atoms with E-state index < -0.39 is 5.91 Å². The first-order valence-electron chi connectivity index (χ1n) is 10.1. The van der Waals surface area contributed by atoms with Gasteiger partial charge in [-0.05, 0) is 42.1 Å². The second-order valence-corrected chi connectivity index (χ2v) is 7.31. The van der Waals surface area contributed by atoms with Gasteiger partial charge >= 0.3 is 0 Å². The normalized spacial score (nSPS) is 14.0. The minimum absolute atomic E-state index is 0.445. The number of amides is 1. The van der Waals surface area contributed by atoms with Gasteiger partial charge in [-0.25, -0.2) is 0 Å². The maximum absolute atomic E-state index is 11.4. The van der Waals surface area contributed by atoms with Crippen molar-refractivity contribution in [3.8, 4) is 11.1 Å². The molecule has 0 spiro atoms. The number of likely N-dealkylation sites (N-methyl/N-ethyl adjacent to an activating group) is 1. The largest absolute Gasteiger partial charge is 0.379 e. The summed E-state index contributed by atoms with van der Waals surface area (Å²) in [5.74, 6) is -0.445. The number of aldehydes is 1. The first kappa shape index (κ1) is 21.6. The van der Waals surface area contributed by atoms with E-state index in [0.717, 1.165) is 66.5 Å². The van der Waals surface area contributed by atoms with Gasteiger partial charge in [0.2, 0.25) is 5.91 Å². The van der Waals surface area contributed by atoms with Gasteiger partial charge in [-0.1, -0.05) is 30.3 Å². The molecule has 0 saturated carbocycles. The van der Waals surface area contributed by atoms with Crippen LogP contribution in [0.5, 0.6) is 0 Å². The number of primary amides is 1. The number of morpholine rings is 1. The third kappa shape index (κ3) is 5.72. The third-order valence-electron chi connectivity index (χ3n) is 5.10. The SMILES string of the molecule is CN1CCOCC1.NC(=O)c1ccc2cncc(-c3ccc(CCC=O)cc3)c2c1. The van der Waals surface area contributed by atoms with Gasteiger partial charge in [0.25, 0.3) is 0 Å². The zero-order valence-electron chi connectivity index (χ0n) is 17.2. The Balaban J connectivity index is 0.000000310. The predicted molar refractivity (Wildman–Crippen MR) is 118 cm³/mol. The van der Waals surface area contributed by atoms with E-state index >= 15 is 0 Å². The van der Waals surface area contributed by atoms with E-state index in [1.165, 1.54) is 0 Å². The molecule has 1 saturated heterocycles. The lowest BCUT2D eigenvalue weighted by molar-refractivity contribution is -0.107. The number of nitrogens with zero attached hydrogens (tertiary/aromatic N) is 2. The van der Waals surface area contributed by atoms with Gasteiger partial charge in [0.05, 0.1) is 13.2 Å². The predicted octanol–water partition coefficient (Wildman–Crippen LogP) is 3.08. The van der Waals surface area contributed by atoms with Crippen molar-refractivity contribution in [2.24, 2.45) is 5.73 Å². The van der Waals surface area contributed by atoms with Crippen LogP contribution >= 0.6 is 0 Å². The lowest BCUT2D eigenvalue weighted by Gasteiger charge is -2.21. The molecule has 156 valence electrons. The summed E-state index contributed by atoms with van der Waals surface area (Å²) in [4.78, 5) is 28.4. The number of hydrogen-bond acceptors (Lipinski definition) is 5. The smallest absolute Gasteiger partial charge is 0.248 e. The van der Waals surface area contributed by atoms with Crippen LogP contribution in [0.15, 0.2) is 54.9 Å². The van der Waals surface area contributed by atoms with Crippen LogP contribution < -0.4 is 5.73 Å². The number of pyridine rings is 1. The molecule has 6 nitrogen and oxygen atoms in total. The van der Waals surface area contributed by atoms with Crippen molar-refractivity contribution in [1.29, 1.82) is 0 Å². The number of ether oxygens (including phenoxy) is 1. The van der Waals surface area contributed by atoms with Crippen LogP contribution in [-0.4, -0.2) is 55.4 Å². The molecule has 4 rings (SSSR count). The second kappa shape index (κ2) is 10.6. The fourth-order valence-electron chi connectivity index (χ4n) is 3.28. The molecule has 30 heavy (non-hydrogen) atoms. The Labute approximate surface area is 176 Å². The number of benzene rings is 2. The molecule has 1 amide bonds. The number of carbonyl (C=O) groups excluding carboxylic acids is 2. The Morgan fingerprint density at radius 2 is 1.87 bits per heavy atom. The van der Waals surface area contributed by atoms with Gasteiger partial charge in [-0.15, -0.1) is 0 Å². The molecule has 0 unspecified atom stereocenters. The summed E-state index contributed by atoms with van der Waals surface area (Å²) in [6.07, 6.45) is 5.74. The average molecular weight is 405 g/mol. The third-order valence-corrected chi connectivity index (χ3v) is 5.10. The average Bonchev–Trinajstić information content (AvgIpc) is 2.78. The molecule has 0 radical (unpaired) electrons. The summed E-state index contributed by atoms with van der Waals surface area (Å²) in [6, 6.07) is 13.4. The van der Waals surface area contributed by atoms with Crippen LogP contribution in [0, 0.1) is 0 Å². The monoisotopic (exact) mass is 405 g/mol. The van der Waals surface area contributed by atoms with Crippen LogP contribution in [0.3, 0.4) is 0 Å². The minimum Gasteiger partial charge on any atom is -0.379 e. The molecule has 0 atom stereocenters. The Hall–Kier alpha value is -3.09. The summed E-state index contributed by atoms with van der Waals surface area (Å²) < 4.78 is 5.10. The Morgan fingerprint density at radius 1 is 1.13 bits per heavy atom. The second-order valence-electron chi connectivity index (χ2n) is 7.31. The maximum Gasteiger partial charge on any atom is 0.248 e. The molecular formula is C24H27N3O3. The molecule has 2 N–H and O–H groups in total. The molecule has 3 aromatic rings. The number of aryl methyl sites for hydroxylation is 1. The van der Waals surface area contributed by atoms with E-state index in [1.807, 2.05) is 30.3 Å². The highest BCUT2D eigenvalue weighted by Gasteiger charge is 2.08. The summed E-state index contributed by atoms with van der Waals surface area (Å²) >= 11 is 0. The standard InChI is InChI=1S/C19H16N2O2.C5H11NO/c20-19(23)15-7-8-16-11-21-12-18(17(16)10-15)14-5-3-13(4-6-14)2-1-9-22;1-6-2-4-7-5-3-6/h3-12H,1-2H2,(H2,20,23);2-5H2,1H3. The van der Waals surface area contributed by atoms with Crippen LogP contribution in [-0.2, 0) is 16.0 Å². The quantitative estimate of drug-likeness (QED) is 0.660. The zero-order valence-corrected chi connectivity index (χ0v) is 17.2. The molecule has 1 aromatic heterocycles. The lowest BCUT2D eigenvalue weighted by Crippen LogP contribution is -2.32. The number of rotatable bonds is 5. The summed E-state index contributed by atoms with van der Waals surface area (Å²) in [5.41, 5.74) is 8.94. The van der Waals surface area contributed by atoms with E-state index in [4.69, 9.17) is 10.5 Å². The molecule has 0 bridgehead atoms. The molecule has 1 aliphatic heterocycles. The Morgan fingerprint density at radius 3 is 2.47 bits per heavy atom. The van der Waals surface area contributed by atoms with Gasteiger partial charge in [0.1, 0.15) is 6.29 Å². The topological polar surface area (TPSA) is 85.5 Å². The maximum atomic E-state index is 11.4. The van der Waals surface area contributed by atoms with E-state index in [-0.39, 0.29) is 0 Å². The zero-order chi connectivity index (χ0) is 21.3. The van der Waals surface area contributed by atoms with Crippen molar-refractivity contribution in [2.45, 2.75) is 12.8 Å². The highest BCUT2D eigenvalue weighted by Crippen LogP contribution is 2.28. The van der Waals surface area contributed by atoms with E-state index in [9.17, 15) is 9.59 Å². The number of aromatic nitrogens is 1. The van der Waals surface area contributed by atoms with Gasteiger partial charge in [-0.2, -0.15) is 0 Å². The van der Waals surface area contributed by atoms with Gasteiger partial charge in [-0.3, -0.25) is 9.78 Å². The Bertz CT molecular complexity index is 996. The van der Waals surface area contributed by atoms with E-state index in [0.29, 0.717) is 12.0 Å². The van der Waals surface area contributed by atoms with Gasteiger partial charge in [0, 0.05) is 48.4 Å². The van der Waals surface area contributed by atoms with Crippen molar-refractivity contribution < 1.29 is 14.3 Å². The number of hydrogen-bond donors (Lipinski definition) is 1. The van der Waals surface area contributed by atoms with Crippen LogP contribution in [0.25, 0.3) is 21.9 Å². The van der Waals surface area contributed by atoms with Crippen LogP contribution in [0.2, 0.25) is 0 Å². The lowest BCUT2D eigenvalue weighted by atomic mass is 9.97. The first-order chi connectivity index (χ1) is 14.6. The summed E-state index contributed by atoms with van der Waals surface area (Å²) in [5, 5.41) is 1.90. The van der Waals surface area contributed by atoms with Gasteiger partial charge < -0.3 is 20.2 Å². The van der Waals surface area contributed by atoms with E-state index in [2.05, 4.69) is 16.9 Å². The van der Waals surface area contributed by atoms with Crippen LogP contribution in [0.4, 0.5) is 0 Å². The van der Waals surface area contributed by atoms with Crippen LogP contribution in [0.1, 0.15) is 22.3 Å². The number of carbonyl (C=O) groups is 2. The highest BCUT2D eigenvalue weighted by molar-refractivity contribution is 6.02. The molecule has 1 fully saturated rings. The number of fused-ring (bicyclic) bond motifs is 1. The molecule has 2 aromatic carbocycles. The van der Waals surface area contributed by atoms with Gasteiger partial charge in [0.15, 0.2) is 0 Å². The van der Waals surface area contributed by atoms with Crippen molar-refractivity contribution >= 4 is 23.0 Å². The number of nitrogens with two attached hydrogens (primary N) is 1. The Kier molecular flexibility index (Phi) is 7.65. The van der Waals surface area contributed by atoms with Crippen molar-refractivity contribution in [3.63, 3.8) is 0 Å². The van der Waals surface area contributed by atoms with Crippen molar-refractivity contribution in [2.75, 3.05) is 33.4 Å². The minimum atomic E-state index is -0.445. The molecule has 0 aliphatic carbocycles. The first-order valence-corrected chi connectivity index (χ1v) is 10.1. The molecular weight excluding hydrogens is 378 g/mol. The fourth-order valence-corrected chi connectivity index (χ4v) is 3.28. The van der Waals surface area contributed by atoms with E-state index in [1.54, 1.807) is 24.5 Å². The molecule has 2 heterocycles. The highest BCUT2D eigenvalue weighted by atomic mass is 16.5. The molecule has 1 aliphatic rings. The van der Waals surface area contributed by atoms with Crippen molar-refractivity contribution in [1.82, 2.24) is 9.88 Å². The fraction of sp³-hybridized carbons (Fsp3) is 0.292.